The van der Waals surface area contributed by atoms with Crippen molar-refractivity contribution in [3.8, 4) is 0 Å². The van der Waals surface area contributed by atoms with E-state index in [9.17, 15) is 14.4 Å². The van der Waals surface area contributed by atoms with E-state index >= 15 is 0 Å². The SMILES string of the molecule is CCCCCC(CCCCC)OC(=O)CCCN(CCCC(=O)OC(CCCCC)CCCCC)C(=O)SCCCN(C)C. The van der Waals surface area contributed by atoms with Gasteiger partial charge in [0.05, 0.1) is 0 Å². The largest absolute Gasteiger partial charge is 0.462 e. The summed E-state index contributed by atoms with van der Waals surface area (Å²) in [6, 6.07) is 0. The minimum atomic E-state index is -0.158. The third-order valence-corrected chi connectivity index (χ3v) is 8.96. The van der Waals surface area contributed by atoms with Crippen molar-refractivity contribution in [1.82, 2.24) is 9.80 Å². The molecule has 0 N–H and O–H groups in total. The van der Waals surface area contributed by atoms with Gasteiger partial charge in [-0.3, -0.25) is 14.4 Å². The molecule has 0 heterocycles. The molecule has 0 bridgehead atoms. The summed E-state index contributed by atoms with van der Waals surface area (Å²) in [6.45, 7) is 10.7. The molecule has 44 heavy (non-hydrogen) atoms. The molecule has 0 saturated heterocycles. The zero-order chi connectivity index (χ0) is 32.8. The minimum Gasteiger partial charge on any atom is -0.462 e. The number of rotatable bonds is 30. The highest BCUT2D eigenvalue weighted by atomic mass is 32.2. The Morgan fingerprint density at radius 3 is 1.27 bits per heavy atom. The zero-order valence-corrected chi connectivity index (χ0v) is 30.5. The Kier molecular flexibility index (Phi) is 29.5. The Morgan fingerprint density at radius 1 is 0.545 bits per heavy atom. The monoisotopic (exact) mass is 643 g/mol. The molecule has 7 nitrogen and oxygen atoms in total. The van der Waals surface area contributed by atoms with E-state index in [2.05, 4.69) is 32.6 Å². The first-order valence-electron chi connectivity index (χ1n) is 18.2. The van der Waals surface area contributed by atoms with E-state index in [4.69, 9.17) is 9.47 Å². The molecule has 0 rings (SSSR count). The Hall–Kier alpha value is -1.28. The van der Waals surface area contributed by atoms with Crippen LogP contribution in [0, 0.1) is 0 Å². The van der Waals surface area contributed by atoms with Crippen LogP contribution in [0.15, 0.2) is 0 Å². The van der Waals surface area contributed by atoms with E-state index in [1.54, 1.807) is 0 Å². The van der Waals surface area contributed by atoms with Crippen molar-refractivity contribution in [3.05, 3.63) is 0 Å². The van der Waals surface area contributed by atoms with E-state index in [0.717, 1.165) is 121 Å². The zero-order valence-electron chi connectivity index (χ0n) is 29.7. The van der Waals surface area contributed by atoms with Crippen LogP contribution in [-0.2, 0) is 19.1 Å². The number of thioether (sulfide) groups is 1. The molecule has 0 fully saturated rings. The van der Waals surface area contributed by atoms with Crippen LogP contribution >= 0.6 is 11.8 Å². The second kappa shape index (κ2) is 30.4. The smallest absolute Gasteiger partial charge is 0.306 e. The lowest BCUT2D eigenvalue weighted by Crippen LogP contribution is -2.31. The van der Waals surface area contributed by atoms with Crippen molar-refractivity contribution in [1.29, 1.82) is 0 Å². The summed E-state index contributed by atoms with van der Waals surface area (Å²) < 4.78 is 11.8. The van der Waals surface area contributed by atoms with Crippen LogP contribution in [0.25, 0.3) is 0 Å². The molecule has 0 aliphatic rings. The third kappa shape index (κ3) is 26.0. The first-order valence-corrected chi connectivity index (χ1v) is 19.2. The lowest BCUT2D eigenvalue weighted by atomic mass is 10.0. The maximum absolute atomic E-state index is 13.1. The summed E-state index contributed by atoms with van der Waals surface area (Å²) >= 11 is 1.34. The van der Waals surface area contributed by atoms with Crippen LogP contribution in [0.5, 0.6) is 0 Å². The van der Waals surface area contributed by atoms with Crippen LogP contribution in [0.4, 0.5) is 4.79 Å². The van der Waals surface area contributed by atoms with Crippen molar-refractivity contribution in [2.45, 2.75) is 175 Å². The van der Waals surface area contributed by atoms with E-state index in [1.165, 1.54) is 11.8 Å². The molecule has 0 atom stereocenters. The van der Waals surface area contributed by atoms with Crippen molar-refractivity contribution in [3.63, 3.8) is 0 Å². The van der Waals surface area contributed by atoms with Gasteiger partial charge in [0.25, 0.3) is 5.24 Å². The molecule has 1 amide bonds. The molecule has 0 aliphatic heterocycles. The minimum absolute atomic E-state index is 0.00405. The van der Waals surface area contributed by atoms with Crippen molar-refractivity contribution in [2.75, 3.05) is 39.5 Å². The number of hydrogen-bond donors (Lipinski definition) is 0. The highest BCUT2D eigenvalue weighted by Crippen LogP contribution is 2.18. The maximum Gasteiger partial charge on any atom is 0.306 e. The quantitative estimate of drug-likeness (QED) is 0.0570. The third-order valence-electron chi connectivity index (χ3n) is 7.97. The van der Waals surface area contributed by atoms with Gasteiger partial charge in [-0.05, 0) is 91.3 Å². The van der Waals surface area contributed by atoms with Gasteiger partial charge in [0.2, 0.25) is 0 Å². The number of unbranched alkanes of at least 4 members (excludes halogenated alkanes) is 8. The molecule has 0 spiro atoms. The van der Waals surface area contributed by atoms with Crippen LogP contribution in [0.1, 0.15) is 163 Å². The molecule has 0 saturated carbocycles. The molecule has 0 aliphatic carbocycles. The lowest BCUT2D eigenvalue weighted by Gasteiger charge is -2.23. The van der Waals surface area contributed by atoms with E-state index in [0.29, 0.717) is 38.8 Å². The lowest BCUT2D eigenvalue weighted by molar-refractivity contribution is -0.150. The van der Waals surface area contributed by atoms with Gasteiger partial charge >= 0.3 is 11.9 Å². The molecule has 0 radical (unpaired) electrons. The van der Waals surface area contributed by atoms with Gasteiger partial charge in [-0.2, -0.15) is 0 Å². The molecule has 0 aromatic heterocycles. The number of amides is 1. The predicted molar refractivity (Wildman–Crippen MR) is 187 cm³/mol. The summed E-state index contributed by atoms with van der Waals surface area (Å²) in [5, 5.41) is 0.0273. The number of hydrogen-bond acceptors (Lipinski definition) is 7. The van der Waals surface area contributed by atoms with E-state index in [1.807, 2.05) is 19.0 Å². The van der Waals surface area contributed by atoms with E-state index < -0.39 is 0 Å². The fourth-order valence-electron chi connectivity index (χ4n) is 5.26. The van der Waals surface area contributed by atoms with Crippen molar-refractivity contribution in [2.24, 2.45) is 0 Å². The fourth-order valence-corrected chi connectivity index (χ4v) is 6.07. The Labute approximate surface area is 276 Å². The van der Waals surface area contributed by atoms with Crippen molar-refractivity contribution >= 4 is 28.9 Å². The standard InChI is InChI=1S/C36H70N2O5S/c1-7-11-15-22-32(23-16-12-8-2)42-34(39)26-19-29-38(36(41)44-31-21-28-37(5)6)30-20-27-35(40)43-33(24-17-13-9-3)25-18-14-10-4/h32-33H,7-31H2,1-6H3. The van der Waals surface area contributed by atoms with Crippen molar-refractivity contribution < 1.29 is 23.9 Å². The number of carbonyl (C=O) groups is 3. The van der Waals surface area contributed by atoms with Gasteiger partial charge in [-0.25, -0.2) is 0 Å². The average molecular weight is 643 g/mol. The summed E-state index contributed by atoms with van der Waals surface area (Å²) in [4.78, 5) is 42.6. The van der Waals surface area contributed by atoms with Gasteiger partial charge in [-0.15, -0.1) is 0 Å². The fraction of sp³-hybridized carbons (Fsp3) is 0.917. The second-order valence-electron chi connectivity index (χ2n) is 12.7. The number of esters is 2. The van der Waals surface area contributed by atoms with Gasteiger partial charge in [0.15, 0.2) is 0 Å². The number of carbonyl (C=O) groups excluding carboxylic acids is 3. The molecule has 0 aromatic carbocycles. The first-order chi connectivity index (χ1) is 21.3. The van der Waals surface area contributed by atoms with E-state index in [-0.39, 0.29) is 29.4 Å². The Balaban J connectivity index is 4.94. The van der Waals surface area contributed by atoms with Crippen LogP contribution in [0.3, 0.4) is 0 Å². The topological polar surface area (TPSA) is 76.1 Å². The summed E-state index contributed by atoms with van der Waals surface area (Å²) in [6.07, 6.45) is 20.1. The summed E-state index contributed by atoms with van der Waals surface area (Å²) in [5.41, 5.74) is 0. The second-order valence-corrected chi connectivity index (χ2v) is 13.7. The maximum atomic E-state index is 13.1. The summed E-state index contributed by atoms with van der Waals surface area (Å²) in [5.74, 6) is 0.441. The van der Waals surface area contributed by atoms with Gasteiger partial charge in [0.1, 0.15) is 12.2 Å². The first kappa shape index (κ1) is 42.7. The van der Waals surface area contributed by atoms with Gasteiger partial charge in [0, 0.05) is 31.7 Å². The average Bonchev–Trinajstić information content (AvgIpc) is 2.98. The van der Waals surface area contributed by atoms with Crippen LogP contribution < -0.4 is 0 Å². The predicted octanol–water partition coefficient (Wildman–Crippen LogP) is 9.80. The highest BCUT2D eigenvalue weighted by Gasteiger charge is 2.19. The Morgan fingerprint density at radius 2 is 0.932 bits per heavy atom. The van der Waals surface area contributed by atoms with Gasteiger partial charge < -0.3 is 19.3 Å². The molecular weight excluding hydrogens is 572 g/mol. The Bertz CT molecular complexity index is 642. The molecule has 0 unspecified atom stereocenters. The van der Waals surface area contributed by atoms with Gasteiger partial charge in [-0.1, -0.05) is 90.8 Å². The normalized spacial score (nSPS) is 11.5. The molecule has 0 aromatic rings. The molecular formula is C36H70N2O5S. The number of nitrogens with zero attached hydrogens (tertiary/aromatic N) is 2. The van der Waals surface area contributed by atoms with Crippen LogP contribution in [0.2, 0.25) is 0 Å². The molecule has 260 valence electrons. The summed E-state index contributed by atoms with van der Waals surface area (Å²) in [7, 11) is 4.07. The number of ether oxygens (including phenoxy) is 2. The molecule has 8 heteroatoms. The highest BCUT2D eigenvalue weighted by molar-refractivity contribution is 8.13. The van der Waals surface area contributed by atoms with Crippen LogP contribution in [-0.4, -0.2) is 78.7 Å².